The minimum absolute atomic E-state index is 0.0232. The SMILES string of the molecule is CCN(CC)C(=O)N[C@@H]1C=C2c3cccc4[nH]cc(c34)C[C@@H]2N(C)C1. The lowest BCUT2D eigenvalue weighted by Gasteiger charge is -2.40. The van der Waals surface area contributed by atoms with Crippen LogP contribution in [0, 0.1) is 0 Å². The molecule has 0 radical (unpaired) electrons. The van der Waals surface area contributed by atoms with Crippen molar-refractivity contribution >= 4 is 22.5 Å². The highest BCUT2D eigenvalue weighted by Crippen LogP contribution is 2.39. The maximum absolute atomic E-state index is 12.4. The number of amides is 2. The summed E-state index contributed by atoms with van der Waals surface area (Å²) in [6, 6.07) is 6.90. The molecule has 0 spiro atoms. The number of aromatic amines is 1. The van der Waals surface area contributed by atoms with Gasteiger partial charge in [0.05, 0.1) is 6.04 Å². The Morgan fingerprint density at radius 3 is 2.92 bits per heavy atom. The zero-order chi connectivity index (χ0) is 17.6. The predicted molar refractivity (Wildman–Crippen MR) is 102 cm³/mol. The molecule has 1 aromatic heterocycles. The zero-order valence-electron chi connectivity index (χ0n) is 15.2. The molecule has 2 amide bonds. The standard InChI is InChI=1S/C20H26N4O/c1-4-24(5-2)20(25)22-14-10-16-15-7-6-8-17-19(15)13(11-21-17)9-18(16)23(3)12-14/h6-8,10-11,14,18,21H,4-5,9,12H2,1-3H3,(H,22,25)/t14-,18+/m1/s1. The highest BCUT2D eigenvalue weighted by molar-refractivity contribution is 5.98. The van der Waals surface area contributed by atoms with Gasteiger partial charge in [0.2, 0.25) is 0 Å². The molecule has 4 rings (SSSR count). The van der Waals surface area contributed by atoms with Crippen LogP contribution < -0.4 is 5.32 Å². The topological polar surface area (TPSA) is 51.4 Å². The number of likely N-dealkylation sites (N-methyl/N-ethyl adjacent to an activating group) is 1. The summed E-state index contributed by atoms with van der Waals surface area (Å²) in [5.74, 6) is 0. The van der Waals surface area contributed by atoms with Crippen molar-refractivity contribution in [1.82, 2.24) is 20.1 Å². The molecular weight excluding hydrogens is 312 g/mol. The van der Waals surface area contributed by atoms with Gasteiger partial charge < -0.3 is 15.2 Å². The van der Waals surface area contributed by atoms with Crippen LogP contribution in [0.2, 0.25) is 0 Å². The van der Waals surface area contributed by atoms with E-state index in [1.54, 1.807) is 0 Å². The van der Waals surface area contributed by atoms with Crippen molar-refractivity contribution in [3.63, 3.8) is 0 Å². The van der Waals surface area contributed by atoms with Crippen LogP contribution in [0.15, 0.2) is 30.5 Å². The Kier molecular flexibility index (Phi) is 4.04. The van der Waals surface area contributed by atoms with E-state index in [4.69, 9.17) is 0 Å². The number of urea groups is 1. The summed E-state index contributed by atoms with van der Waals surface area (Å²) in [6.07, 6.45) is 5.44. The van der Waals surface area contributed by atoms with Gasteiger partial charge in [-0.3, -0.25) is 4.90 Å². The van der Waals surface area contributed by atoms with Crippen molar-refractivity contribution in [2.75, 3.05) is 26.7 Å². The van der Waals surface area contributed by atoms with Crippen molar-refractivity contribution in [2.45, 2.75) is 32.4 Å². The third-order valence-corrected chi connectivity index (χ3v) is 5.63. The van der Waals surface area contributed by atoms with Crippen LogP contribution in [0.4, 0.5) is 4.79 Å². The van der Waals surface area contributed by atoms with Gasteiger partial charge >= 0.3 is 6.03 Å². The van der Waals surface area contributed by atoms with Crippen LogP contribution in [-0.2, 0) is 6.42 Å². The van der Waals surface area contributed by atoms with Gasteiger partial charge in [0, 0.05) is 42.8 Å². The first-order valence-corrected chi connectivity index (χ1v) is 9.19. The van der Waals surface area contributed by atoms with Gasteiger partial charge in [-0.15, -0.1) is 0 Å². The van der Waals surface area contributed by atoms with Crippen LogP contribution in [-0.4, -0.2) is 59.6 Å². The second-order valence-electron chi connectivity index (χ2n) is 7.05. The molecule has 0 fully saturated rings. The molecular formula is C20H26N4O. The van der Waals surface area contributed by atoms with E-state index >= 15 is 0 Å². The molecule has 1 aliphatic heterocycles. The lowest BCUT2D eigenvalue weighted by molar-refractivity contribution is 0.193. The Labute approximate surface area is 148 Å². The number of carbonyl (C=O) groups excluding carboxylic acids is 1. The number of carbonyl (C=O) groups is 1. The van der Waals surface area contributed by atoms with Crippen molar-refractivity contribution in [3.8, 4) is 0 Å². The number of nitrogens with one attached hydrogen (secondary N) is 2. The number of benzene rings is 1. The smallest absolute Gasteiger partial charge is 0.317 e. The van der Waals surface area contributed by atoms with Gasteiger partial charge in [-0.25, -0.2) is 4.79 Å². The maximum Gasteiger partial charge on any atom is 0.317 e. The number of hydrogen-bond donors (Lipinski definition) is 2. The summed E-state index contributed by atoms with van der Waals surface area (Å²) in [7, 11) is 2.16. The third kappa shape index (κ3) is 2.63. The molecule has 2 heterocycles. The van der Waals surface area contributed by atoms with E-state index in [-0.39, 0.29) is 12.1 Å². The van der Waals surface area contributed by atoms with Gasteiger partial charge in [-0.1, -0.05) is 18.2 Å². The average molecular weight is 338 g/mol. The summed E-state index contributed by atoms with van der Waals surface area (Å²) < 4.78 is 0. The van der Waals surface area contributed by atoms with Crippen LogP contribution in [0.25, 0.3) is 16.5 Å². The number of nitrogens with zero attached hydrogens (tertiary/aromatic N) is 2. The van der Waals surface area contributed by atoms with Gasteiger partial charge in [0.1, 0.15) is 0 Å². The molecule has 0 bridgehead atoms. The van der Waals surface area contributed by atoms with Gasteiger partial charge in [0.15, 0.2) is 0 Å². The molecule has 0 saturated heterocycles. The average Bonchev–Trinajstić information content (AvgIpc) is 3.02. The summed E-state index contributed by atoms with van der Waals surface area (Å²) >= 11 is 0. The molecule has 2 atom stereocenters. The number of hydrogen-bond acceptors (Lipinski definition) is 2. The molecule has 2 N–H and O–H groups in total. The Balaban J connectivity index is 1.69. The first-order chi connectivity index (χ1) is 12.1. The number of rotatable bonds is 3. The Hall–Kier alpha value is -2.27. The Morgan fingerprint density at radius 1 is 1.36 bits per heavy atom. The lowest BCUT2D eigenvalue weighted by atomic mass is 9.81. The van der Waals surface area contributed by atoms with Crippen LogP contribution >= 0.6 is 0 Å². The Bertz CT molecular complexity index is 833. The quantitative estimate of drug-likeness (QED) is 0.904. The monoisotopic (exact) mass is 338 g/mol. The largest absolute Gasteiger partial charge is 0.361 e. The first-order valence-electron chi connectivity index (χ1n) is 9.19. The van der Waals surface area contributed by atoms with Crippen LogP contribution in [0.5, 0.6) is 0 Å². The lowest BCUT2D eigenvalue weighted by Crippen LogP contribution is -2.52. The molecule has 0 saturated carbocycles. The maximum atomic E-state index is 12.4. The molecule has 25 heavy (non-hydrogen) atoms. The van der Waals surface area contributed by atoms with E-state index in [1.165, 1.54) is 27.6 Å². The second kappa shape index (κ2) is 6.23. The minimum Gasteiger partial charge on any atom is -0.361 e. The highest BCUT2D eigenvalue weighted by Gasteiger charge is 2.34. The zero-order valence-corrected chi connectivity index (χ0v) is 15.2. The van der Waals surface area contributed by atoms with E-state index < -0.39 is 0 Å². The van der Waals surface area contributed by atoms with Gasteiger partial charge in [0.25, 0.3) is 0 Å². The second-order valence-corrected chi connectivity index (χ2v) is 7.05. The van der Waals surface area contributed by atoms with Crippen LogP contribution in [0.3, 0.4) is 0 Å². The fourth-order valence-electron chi connectivity index (χ4n) is 4.30. The third-order valence-electron chi connectivity index (χ3n) is 5.63. The van der Waals surface area contributed by atoms with E-state index in [0.717, 1.165) is 26.1 Å². The molecule has 5 nitrogen and oxygen atoms in total. The van der Waals surface area contributed by atoms with E-state index in [2.05, 4.69) is 52.7 Å². The summed E-state index contributed by atoms with van der Waals surface area (Å²) in [5, 5.41) is 4.54. The van der Waals surface area contributed by atoms with E-state index in [1.807, 2.05) is 18.7 Å². The van der Waals surface area contributed by atoms with Crippen LogP contribution in [0.1, 0.15) is 25.0 Å². The van der Waals surface area contributed by atoms with E-state index in [0.29, 0.717) is 6.04 Å². The summed E-state index contributed by atoms with van der Waals surface area (Å²) in [5.41, 5.74) is 5.24. The van der Waals surface area contributed by atoms with Crippen molar-refractivity contribution in [2.24, 2.45) is 0 Å². The highest BCUT2D eigenvalue weighted by atomic mass is 16.2. The molecule has 2 aromatic rings. The van der Waals surface area contributed by atoms with Crippen molar-refractivity contribution < 1.29 is 4.79 Å². The van der Waals surface area contributed by atoms with E-state index in [9.17, 15) is 4.79 Å². The number of fused-ring (bicyclic) bond motifs is 2. The molecule has 5 heteroatoms. The van der Waals surface area contributed by atoms with Gasteiger partial charge in [-0.2, -0.15) is 0 Å². The van der Waals surface area contributed by atoms with Gasteiger partial charge in [-0.05, 0) is 50.1 Å². The first kappa shape index (κ1) is 16.2. The summed E-state index contributed by atoms with van der Waals surface area (Å²) in [6.45, 7) is 6.34. The summed E-state index contributed by atoms with van der Waals surface area (Å²) in [4.78, 5) is 20.0. The molecule has 132 valence electrons. The number of H-pyrrole nitrogens is 1. The predicted octanol–water partition coefficient (Wildman–Crippen LogP) is 2.84. The van der Waals surface area contributed by atoms with Crippen molar-refractivity contribution in [3.05, 3.63) is 41.6 Å². The minimum atomic E-state index is 0.0232. The normalized spacial score (nSPS) is 22.4. The number of aromatic nitrogens is 1. The molecule has 2 aliphatic rings. The molecule has 1 aromatic carbocycles. The molecule has 0 unspecified atom stereocenters. The Morgan fingerprint density at radius 2 is 2.16 bits per heavy atom. The molecule has 1 aliphatic carbocycles. The van der Waals surface area contributed by atoms with Crippen molar-refractivity contribution in [1.29, 1.82) is 0 Å². The fourth-order valence-corrected chi connectivity index (χ4v) is 4.30. The fraction of sp³-hybridized carbons (Fsp3) is 0.450.